The average Bonchev–Trinajstić information content (AvgIpc) is 2.41. The van der Waals surface area contributed by atoms with Gasteiger partial charge in [-0.1, -0.05) is 18.0 Å². The molecule has 21 heavy (non-hydrogen) atoms. The molecule has 1 rings (SSSR count). The number of carboxylic acids is 1. The molecule has 0 aliphatic carbocycles. The van der Waals surface area contributed by atoms with Crippen molar-refractivity contribution >= 4 is 27.6 Å². The molecule has 0 unspecified atom stereocenters. The number of unbranched alkanes of at least 4 members (excludes halogenated alkanes) is 2. The number of carboxylic acid groups (broad SMARTS) is 1. The number of hydrogen-bond acceptors (Lipinski definition) is 4. The van der Waals surface area contributed by atoms with E-state index in [1.54, 1.807) is 0 Å². The lowest BCUT2D eigenvalue weighted by Gasteiger charge is -2.10. The van der Waals surface area contributed by atoms with E-state index in [9.17, 15) is 13.2 Å². The minimum atomic E-state index is -3.67. The second-order valence-corrected chi connectivity index (χ2v) is 6.57. The minimum Gasteiger partial charge on any atom is -0.495 e. The van der Waals surface area contributed by atoms with Gasteiger partial charge in [-0.05, 0) is 25.0 Å². The van der Waals surface area contributed by atoms with Crippen LogP contribution in [-0.2, 0) is 14.8 Å². The summed E-state index contributed by atoms with van der Waals surface area (Å²) in [6, 6.07) is 4.29. The van der Waals surface area contributed by atoms with E-state index in [0.717, 1.165) is 0 Å². The highest BCUT2D eigenvalue weighted by atomic mass is 35.5. The zero-order valence-corrected chi connectivity index (χ0v) is 13.2. The summed E-state index contributed by atoms with van der Waals surface area (Å²) < 4.78 is 31.7. The van der Waals surface area contributed by atoms with Gasteiger partial charge in [0.1, 0.15) is 10.6 Å². The molecule has 2 N–H and O–H groups in total. The van der Waals surface area contributed by atoms with Crippen molar-refractivity contribution in [3.05, 3.63) is 23.2 Å². The highest BCUT2D eigenvalue weighted by molar-refractivity contribution is 7.89. The molecule has 0 fully saturated rings. The molecule has 1 aromatic rings. The number of methoxy groups -OCH3 is 1. The number of aliphatic carboxylic acids is 1. The Morgan fingerprint density at radius 2 is 2.05 bits per heavy atom. The minimum absolute atomic E-state index is 0.0277. The number of ether oxygens (including phenoxy) is 1. The molecule has 0 atom stereocenters. The summed E-state index contributed by atoms with van der Waals surface area (Å²) in [7, 11) is -2.30. The normalized spacial score (nSPS) is 11.3. The van der Waals surface area contributed by atoms with Gasteiger partial charge >= 0.3 is 5.97 Å². The zero-order valence-electron chi connectivity index (χ0n) is 11.6. The SMILES string of the molecule is COc1cc(Cl)ccc1S(=O)(=O)NCCCCCC(=O)O. The van der Waals surface area contributed by atoms with Crippen LogP contribution in [0.3, 0.4) is 0 Å². The maximum atomic E-state index is 12.1. The predicted octanol–water partition coefficient (Wildman–Crippen LogP) is 2.27. The molecule has 1 aromatic carbocycles. The number of nitrogens with one attached hydrogen (secondary N) is 1. The average molecular weight is 336 g/mol. The van der Waals surface area contributed by atoms with Gasteiger partial charge in [-0.15, -0.1) is 0 Å². The van der Waals surface area contributed by atoms with E-state index < -0.39 is 16.0 Å². The van der Waals surface area contributed by atoms with Gasteiger partial charge < -0.3 is 9.84 Å². The summed E-state index contributed by atoms with van der Waals surface area (Å²) >= 11 is 5.79. The molecule has 0 radical (unpaired) electrons. The van der Waals surface area contributed by atoms with Crippen molar-refractivity contribution < 1.29 is 23.1 Å². The summed E-state index contributed by atoms with van der Waals surface area (Å²) in [6.45, 7) is 0.244. The Morgan fingerprint density at radius 3 is 2.67 bits per heavy atom. The van der Waals surface area contributed by atoms with E-state index in [2.05, 4.69) is 4.72 Å². The van der Waals surface area contributed by atoms with Gasteiger partial charge in [0.05, 0.1) is 7.11 Å². The number of hydrogen-bond donors (Lipinski definition) is 2. The van der Waals surface area contributed by atoms with Crippen LogP contribution in [0.25, 0.3) is 0 Å². The molecule has 0 spiro atoms. The quantitative estimate of drug-likeness (QED) is 0.675. The number of halogens is 1. The van der Waals surface area contributed by atoms with Crippen LogP contribution in [0.4, 0.5) is 0 Å². The first-order valence-electron chi connectivity index (χ1n) is 6.42. The number of rotatable bonds is 9. The topological polar surface area (TPSA) is 92.7 Å². The molecule has 0 aliphatic rings. The second-order valence-electron chi connectivity index (χ2n) is 4.40. The van der Waals surface area contributed by atoms with E-state index in [1.807, 2.05) is 0 Å². The summed E-state index contributed by atoms with van der Waals surface area (Å²) in [5.41, 5.74) is 0. The van der Waals surface area contributed by atoms with Crippen molar-refractivity contribution in [2.45, 2.75) is 30.6 Å². The van der Waals surface area contributed by atoms with Crippen LogP contribution in [0.1, 0.15) is 25.7 Å². The number of benzene rings is 1. The van der Waals surface area contributed by atoms with Gasteiger partial charge in [0, 0.05) is 24.1 Å². The third kappa shape index (κ3) is 5.91. The fourth-order valence-corrected chi connectivity index (χ4v) is 3.11. The Morgan fingerprint density at radius 1 is 1.33 bits per heavy atom. The van der Waals surface area contributed by atoms with E-state index >= 15 is 0 Å². The van der Waals surface area contributed by atoms with E-state index in [1.165, 1.54) is 25.3 Å². The van der Waals surface area contributed by atoms with Gasteiger partial charge in [-0.25, -0.2) is 13.1 Å². The van der Waals surface area contributed by atoms with Crippen LogP contribution in [0.2, 0.25) is 5.02 Å². The summed E-state index contributed by atoms with van der Waals surface area (Å²) in [6.07, 6.45) is 1.84. The molecule has 0 saturated carbocycles. The van der Waals surface area contributed by atoms with Gasteiger partial charge in [0.25, 0.3) is 0 Å². The Balaban J connectivity index is 2.56. The standard InChI is InChI=1S/C13H18ClNO5S/c1-20-11-9-10(14)6-7-12(11)21(18,19)15-8-4-2-3-5-13(16)17/h6-7,9,15H,2-5,8H2,1H3,(H,16,17). The monoisotopic (exact) mass is 335 g/mol. The van der Waals surface area contributed by atoms with E-state index in [4.69, 9.17) is 21.4 Å². The van der Waals surface area contributed by atoms with Crippen LogP contribution in [0, 0.1) is 0 Å². The third-order valence-electron chi connectivity index (χ3n) is 2.77. The Bertz CT molecular complexity index is 588. The fraction of sp³-hybridized carbons (Fsp3) is 0.462. The zero-order chi connectivity index (χ0) is 15.9. The van der Waals surface area contributed by atoms with Crippen LogP contribution >= 0.6 is 11.6 Å². The Hall–Kier alpha value is -1.31. The molecule has 0 heterocycles. The lowest BCUT2D eigenvalue weighted by Crippen LogP contribution is -2.25. The Labute approximate surface area is 129 Å². The second kappa shape index (κ2) is 8.21. The van der Waals surface area contributed by atoms with Crippen molar-refractivity contribution in [2.75, 3.05) is 13.7 Å². The van der Waals surface area contributed by atoms with Crippen molar-refractivity contribution in [2.24, 2.45) is 0 Å². The van der Waals surface area contributed by atoms with E-state index in [-0.39, 0.29) is 23.6 Å². The Kier molecular flexibility index (Phi) is 6.94. The van der Waals surface area contributed by atoms with Crippen molar-refractivity contribution in [3.8, 4) is 5.75 Å². The predicted molar refractivity (Wildman–Crippen MR) is 79.3 cm³/mol. The van der Waals surface area contributed by atoms with Gasteiger partial charge in [0.2, 0.25) is 10.0 Å². The van der Waals surface area contributed by atoms with Crippen molar-refractivity contribution in [1.82, 2.24) is 4.72 Å². The van der Waals surface area contributed by atoms with Crippen LogP contribution in [-0.4, -0.2) is 33.1 Å². The highest BCUT2D eigenvalue weighted by Gasteiger charge is 2.19. The van der Waals surface area contributed by atoms with E-state index in [0.29, 0.717) is 24.3 Å². The highest BCUT2D eigenvalue weighted by Crippen LogP contribution is 2.26. The molecule has 0 aliphatic heterocycles. The molecule has 0 bridgehead atoms. The maximum Gasteiger partial charge on any atom is 0.303 e. The molecule has 0 amide bonds. The molecule has 8 heteroatoms. The molecule has 0 saturated heterocycles. The van der Waals surface area contributed by atoms with Gasteiger partial charge in [-0.3, -0.25) is 4.79 Å². The fourth-order valence-electron chi connectivity index (χ4n) is 1.73. The summed E-state index contributed by atoms with van der Waals surface area (Å²) in [5, 5.41) is 8.88. The largest absolute Gasteiger partial charge is 0.495 e. The summed E-state index contributed by atoms with van der Waals surface area (Å²) in [5.74, 6) is -0.664. The van der Waals surface area contributed by atoms with Crippen molar-refractivity contribution in [1.29, 1.82) is 0 Å². The summed E-state index contributed by atoms with van der Waals surface area (Å²) in [4.78, 5) is 10.4. The smallest absolute Gasteiger partial charge is 0.303 e. The van der Waals surface area contributed by atoms with Crippen LogP contribution in [0.15, 0.2) is 23.1 Å². The first kappa shape index (κ1) is 17.7. The lowest BCUT2D eigenvalue weighted by atomic mass is 10.2. The van der Waals surface area contributed by atoms with Crippen molar-refractivity contribution in [3.63, 3.8) is 0 Å². The van der Waals surface area contributed by atoms with Crippen LogP contribution in [0.5, 0.6) is 5.75 Å². The maximum absolute atomic E-state index is 12.1. The number of sulfonamides is 1. The molecular weight excluding hydrogens is 318 g/mol. The molecule has 0 aromatic heterocycles. The molecule has 118 valence electrons. The van der Waals surface area contributed by atoms with Crippen LogP contribution < -0.4 is 9.46 Å². The number of carbonyl (C=O) groups is 1. The first-order valence-corrected chi connectivity index (χ1v) is 8.28. The lowest BCUT2D eigenvalue weighted by molar-refractivity contribution is -0.137. The van der Waals surface area contributed by atoms with Gasteiger partial charge in [0.15, 0.2) is 0 Å². The third-order valence-corrected chi connectivity index (χ3v) is 4.51. The first-order chi connectivity index (χ1) is 9.86. The molecular formula is C13H18ClNO5S. The van der Waals surface area contributed by atoms with Gasteiger partial charge in [-0.2, -0.15) is 0 Å². The molecule has 6 nitrogen and oxygen atoms in total.